The summed E-state index contributed by atoms with van der Waals surface area (Å²) in [4.78, 5) is 26.8. The average molecular weight is 337 g/mol. The average Bonchev–Trinajstić information content (AvgIpc) is 3.12. The SMILES string of the molecule is CC(=O)c1cnn(-c2ccc(C(N)=O)c3nccn23)c1C(F)(F)F. The van der Waals surface area contributed by atoms with Crippen molar-refractivity contribution in [3.05, 3.63) is 47.5 Å². The molecule has 3 aromatic heterocycles. The van der Waals surface area contributed by atoms with Crippen LogP contribution in [0.25, 0.3) is 11.5 Å². The Bertz CT molecular complexity index is 971. The van der Waals surface area contributed by atoms with Crippen molar-refractivity contribution in [3.63, 3.8) is 0 Å². The highest BCUT2D eigenvalue weighted by Gasteiger charge is 2.40. The first kappa shape index (κ1) is 15.7. The zero-order valence-electron chi connectivity index (χ0n) is 12.2. The maximum atomic E-state index is 13.4. The highest BCUT2D eigenvalue weighted by molar-refractivity contribution is 5.99. The smallest absolute Gasteiger partial charge is 0.365 e. The number of imidazole rings is 1. The van der Waals surface area contributed by atoms with E-state index in [-0.39, 0.29) is 17.0 Å². The van der Waals surface area contributed by atoms with Crippen LogP contribution in [0.2, 0.25) is 0 Å². The highest BCUT2D eigenvalue weighted by Crippen LogP contribution is 2.34. The molecule has 0 aliphatic carbocycles. The van der Waals surface area contributed by atoms with E-state index in [1.54, 1.807) is 0 Å². The minimum absolute atomic E-state index is 0.0349. The number of Topliss-reactive ketones (excluding diaryl/α,β-unsaturated/α-hetero) is 1. The predicted octanol–water partition coefficient (Wildman–Crippen LogP) is 1.84. The quantitative estimate of drug-likeness (QED) is 0.738. The van der Waals surface area contributed by atoms with Gasteiger partial charge in [0.05, 0.1) is 17.3 Å². The lowest BCUT2D eigenvalue weighted by atomic mass is 10.1. The summed E-state index contributed by atoms with van der Waals surface area (Å²) < 4.78 is 42.1. The Morgan fingerprint density at radius 1 is 1.21 bits per heavy atom. The molecular formula is C14H10F3N5O2. The third kappa shape index (κ3) is 2.32. The summed E-state index contributed by atoms with van der Waals surface area (Å²) in [6, 6.07) is 2.51. The number of rotatable bonds is 3. The number of pyridine rings is 1. The zero-order chi connectivity index (χ0) is 17.6. The van der Waals surface area contributed by atoms with Crippen LogP contribution in [0.3, 0.4) is 0 Å². The maximum absolute atomic E-state index is 13.4. The zero-order valence-corrected chi connectivity index (χ0v) is 12.2. The van der Waals surface area contributed by atoms with Gasteiger partial charge in [-0.1, -0.05) is 0 Å². The largest absolute Gasteiger partial charge is 0.434 e. The van der Waals surface area contributed by atoms with Crippen molar-refractivity contribution >= 4 is 17.3 Å². The third-order valence-corrected chi connectivity index (χ3v) is 3.43. The van der Waals surface area contributed by atoms with Gasteiger partial charge < -0.3 is 5.73 Å². The third-order valence-electron chi connectivity index (χ3n) is 3.43. The van der Waals surface area contributed by atoms with Gasteiger partial charge in [-0.05, 0) is 19.1 Å². The molecule has 10 heteroatoms. The Morgan fingerprint density at radius 2 is 1.92 bits per heavy atom. The van der Waals surface area contributed by atoms with Crippen LogP contribution in [-0.2, 0) is 6.18 Å². The molecule has 1 amide bonds. The molecule has 0 spiro atoms. The van der Waals surface area contributed by atoms with E-state index in [2.05, 4.69) is 10.1 Å². The van der Waals surface area contributed by atoms with E-state index in [1.807, 2.05) is 0 Å². The molecule has 0 radical (unpaired) electrons. The summed E-state index contributed by atoms with van der Waals surface area (Å²) >= 11 is 0. The molecule has 3 heterocycles. The number of halogens is 3. The standard InChI is InChI=1S/C14H10F3N5O2/c1-7(23)9-6-20-22(11(9)14(15,16)17)10-3-2-8(12(18)24)13-19-4-5-21(10)13/h2-6H,1H3,(H2,18,24). The Morgan fingerprint density at radius 3 is 2.50 bits per heavy atom. The first-order valence-electron chi connectivity index (χ1n) is 6.64. The highest BCUT2D eigenvalue weighted by atomic mass is 19.4. The normalized spacial score (nSPS) is 11.8. The number of hydrogen-bond acceptors (Lipinski definition) is 4. The number of amides is 1. The molecule has 0 aromatic carbocycles. The second-order valence-electron chi connectivity index (χ2n) is 4.96. The number of carbonyl (C=O) groups is 2. The van der Waals surface area contributed by atoms with Crippen molar-refractivity contribution < 1.29 is 22.8 Å². The van der Waals surface area contributed by atoms with Crippen LogP contribution in [0.15, 0.2) is 30.7 Å². The molecule has 124 valence electrons. The second-order valence-corrected chi connectivity index (χ2v) is 4.96. The first-order valence-corrected chi connectivity index (χ1v) is 6.64. The van der Waals surface area contributed by atoms with Gasteiger partial charge in [-0.25, -0.2) is 9.67 Å². The number of carbonyl (C=O) groups excluding carboxylic acids is 2. The molecule has 0 saturated heterocycles. The number of nitrogens with two attached hydrogens (primary N) is 1. The maximum Gasteiger partial charge on any atom is 0.434 e. The number of fused-ring (bicyclic) bond motifs is 1. The van der Waals surface area contributed by atoms with E-state index >= 15 is 0 Å². The van der Waals surface area contributed by atoms with E-state index in [1.165, 1.54) is 28.9 Å². The monoisotopic (exact) mass is 337 g/mol. The molecule has 0 atom stereocenters. The molecule has 3 rings (SSSR count). The van der Waals surface area contributed by atoms with Crippen LogP contribution >= 0.6 is 0 Å². The van der Waals surface area contributed by atoms with Gasteiger partial charge in [0, 0.05) is 12.4 Å². The van der Waals surface area contributed by atoms with Gasteiger partial charge in [-0.2, -0.15) is 18.3 Å². The minimum Gasteiger partial charge on any atom is -0.365 e. The van der Waals surface area contributed by atoms with Crippen molar-refractivity contribution in [2.24, 2.45) is 5.73 Å². The topological polar surface area (TPSA) is 95.3 Å². The van der Waals surface area contributed by atoms with Gasteiger partial charge in [-0.3, -0.25) is 14.0 Å². The lowest BCUT2D eigenvalue weighted by Crippen LogP contribution is -2.19. The number of nitrogens with zero attached hydrogens (tertiary/aromatic N) is 4. The van der Waals surface area contributed by atoms with Crippen LogP contribution in [0.1, 0.15) is 33.3 Å². The fraction of sp³-hybridized carbons (Fsp3) is 0.143. The molecule has 3 aromatic rings. The molecule has 0 saturated carbocycles. The molecule has 0 aliphatic heterocycles. The van der Waals surface area contributed by atoms with Crippen molar-refractivity contribution in [1.82, 2.24) is 19.2 Å². The van der Waals surface area contributed by atoms with Gasteiger partial charge in [-0.15, -0.1) is 0 Å². The summed E-state index contributed by atoms with van der Waals surface area (Å²) in [7, 11) is 0. The molecule has 0 fully saturated rings. The Labute approximate surface area is 132 Å². The molecule has 0 bridgehead atoms. The molecule has 2 N–H and O–H groups in total. The van der Waals surface area contributed by atoms with Gasteiger partial charge in [0.15, 0.2) is 17.1 Å². The van der Waals surface area contributed by atoms with E-state index in [0.717, 1.165) is 13.1 Å². The van der Waals surface area contributed by atoms with E-state index in [0.29, 0.717) is 4.68 Å². The lowest BCUT2D eigenvalue weighted by Gasteiger charge is -2.14. The Kier molecular flexibility index (Phi) is 3.39. The van der Waals surface area contributed by atoms with E-state index in [9.17, 15) is 22.8 Å². The molecule has 0 unspecified atom stereocenters. The Balaban J connectivity index is 2.34. The summed E-state index contributed by atoms with van der Waals surface area (Å²) in [6.07, 6.45) is -1.26. The van der Waals surface area contributed by atoms with Gasteiger partial charge in [0.2, 0.25) is 0 Å². The number of alkyl halides is 3. The first-order chi connectivity index (χ1) is 11.2. The van der Waals surface area contributed by atoms with Crippen molar-refractivity contribution in [3.8, 4) is 5.82 Å². The molecule has 0 aliphatic rings. The fourth-order valence-corrected chi connectivity index (χ4v) is 2.42. The lowest BCUT2D eigenvalue weighted by molar-refractivity contribution is -0.143. The Hall–Kier alpha value is -3.17. The predicted molar refractivity (Wildman–Crippen MR) is 75.8 cm³/mol. The number of primary amides is 1. The van der Waals surface area contributed by atoms with Crippen molar-refractivity contribution in [1.29, 1.82) is 0 Å². The fourth-order valence-electron chi connectivity index (χ4n) is 2.42. The van der Waals surface area contributed by atoms with Crippen LogP contribution in [0.4, 0.5) is 13.2 Å². The van der Waals surface area contributed by atoms with E-state index < -0.39 is 29.1 Å². The van der Waals surface area contributed by atoms with E-state index in [4.69, 9.17) is 5.73 Å². The number of aromatic nitrogens is 4. The summed E-state index contributed by atoms with van der Waals surface area (Å²) in [6.45, 7) is 1.03. The van der Waals surface area contributed by atoms with Gasteiger partial charge in [0.25, 0.3) is 5.91 Å². The summed E-state index contributed by atoms with van der Waals surface area (Å²) in [5, 5.41) is 3.69. The van der Waals surface area contributed by atoms with Crippen molar-refractivity contribution in [2.75, 3.05) is 0 Å². The van der Waals surface area contributed by atoms with Crippen LogP contribution in [0.5, 0.6) is 0 Å². The number of hydrogen-bond donors (Lipinski definition) is 1. The van der Waals surface area contributed by atoms with Crippen molar-refractivity contribution in [2.45, 2.75) is 13.1 Å². The minimum atomic E-state index is -4.80. The molecular weight excluding hydrogens is 327 g/mol. The molecule has 7 nitrogen and oxygen atoms in total. The second kappa shape index (κ2) is 5.18. The summed E-state index contributed by atoms with van der Waals surface area (Å²) in [5.74, 6) is -1.56. The summed E-state index contributed by atoms with van der Waals surface area (Å²) in [5.41, 5.74) is 3.63. The number of ketones is 1. The van der Waals surface area contributed by atoms with Crippen LogP contribution in [0, 0.1) is 0 Å². The van der Waals surface area contributed by atoms with Gasteiger partial charge in [0.1, 0.15) is 5.82 Å². The van der Waals surface area contributed by atoms with Crippen LogP contribution < -0.4 is 5.73 Å². The van der Waals surface area contributed by atoms with Gasteiger partial charge >= 0.3 is 6.18 Å². The van der Waals surface area contributed by atoms with Crippen LogP contribution in [-0.4, -0.2) is 30.9 Å². The molecule has 24 heavy (non-hydrogen) atoms.